The Labute approximate surface area is 133 Å². The van der Waals surface area contributed by atoms with E-state index in [9.17, 15) is 9.59 Å². The van der Waals surface area contributed by atoms with Gasteiger partial charge >= 0.3 is 5.97 Å². The molecule has 0 bridgehead atoms. The number of anilines is 1. The van der Waals surface area contributed by atoms with Crippen LogP contribution in [0.2, 0.25) is 10.0 Å². The third-order valence-corrected chi connectivity index (χ3v) is 3.48. The molecule has 1 aromatic carbocycles. The van der Waals surface area contributed by atoms with Gasteiger partial charge in [-0.3, -0.25) is 9.59 Å². The molecule has 1 rings (SSSR count). The molecule has 0 aliphatic carbocycles. The molecule has 0 radical (unpaired) electrons. The topological polar surface area (TPSA) is 78.4 Å². The quantitative estimate of drug-likeness (QED) is 0.683. The summed E-state index contributed by atoms with van der Waals surface area (Å²) in [6.45, 7) is 2.18. The van der Waals surface area contributed by atoms with Crippen LogP contribution in [0.25, 0.3) is 0 Å². The summed E-state index contributed by atoms with van der Waals surface area (Å²) in [6.07, 6.45) is 1.41. The summed E-state index contributed by atoms with van der Waals surface area (Å²) >= 11 is 11.9. The number of para-hydroxylation sites is 1. The summed E-state index contributed by atoms with van der Waals surface area (Å²) < 4.78 is 0. The van der Waals surface area contributed by atoms with E-state index in [0.29, 0.717) is 22.2 Å². The molecule has 0 aliphatic rings. The second-order valence-electron chi connectivity index (χ2n) is 4.53. The van der Waals surface area contributed by atoms with Crippen LogP contribution in [-0.2, 0) is 9.59 Å². The zero-order chi connectivity index (χ0) is 15.8. The molecular weight excluding hydrogens is 315 g/mol. The van der Waals surface area contributed by atoms with Crippen molar-refractivity contribution in [3.63, 3.8) is 0 Å². The lowest BCUT2D eigenvalue weighted by Gasteiger charge is -2.13. The number of nitrogens with one attached hydrogen (secondary N) is 2. The molecule has 21 heavy (non-hydrogen) atoms. The summed E-state index contributed by atoms with van der Waals surface area (Å²) in [5.41, 5.74) is 0.370. The molecule has 0 saturated heterocycles. The van der Waals surface area contributed by atoms with Crippen LogP contribution in [0, 0.1) is 0 Å². The largest absolute Gasteiger partial charge is 0.480 e. The van der Waals surface area contributed by atoms with Crippen LogP contribution >= 0.6 is 23.2 Å². The van der Waals surface area contributed by atoms with Gasteiger partial charge in [-0.05, 0) is 18.6 Å². The fraction of sp³-hybridized carbons (Fsp3) is 0.429. The first kappa shape index (κ1) is 17.8. The predicted octanol–water partition coefficient (Wildman–Crippen LogP) is 3.16. The van der Waals surface area contributed by atoms with Gasteiger partial charge in [0, 0.05) is 13.0 Å². The minimum absolute atomic E-state index is 0.134. The zero-order valence-corrected chi connectivity index (χ0v) is 13.2. The molecule has 1 atom stereocenters. The molecule has 3 N–H and O–H groups in total. The summed E-state index contributed by atoms with van der Waals surface area (Å²) in [7, 11) is 0. The summed E-state index contributed by atoms with van der Waals surface area (Å²) in [5.74, 6) is -1.19. The number of aliphatic carboxylic acids is 1. The van der Waals surface area contributed by atoms with Crippen LogP contribution in [0.5, 0.6) is 0 Å². The van der Waals surface area contributed by atoms with E-state index in [-0.39, 0.29) is 18.9 Å². The normalized spacial score (nSPS) is 12.0. The van der Waals surface area contributed by atoms with Crippen molar-refractivity contribution in [3.8, 4) is 0 Å². The highest BCUT2D eigenvalue weighted by Gasteiger charge is 2.16. The third kappa shape index (κ3) is 5.91. The maximum Gasteiger partial charge on any atom is 0.320 e. The number of benzene rings is 1. The van der Waals surface area contributed by atoms with Crippen LogP contribution < -0.4 is 10.6 Å². The van der Waals surface area contributed by atoms with E-state index >= 15 is 0 Å². The zero-order valence-electron chi connectivity index (χ0n) is 11.7. The van der Waals surface area contributed by atoms with E-state index in [1.165, 1.54) is 0 Å². The Balaban J connectivity index is 2.46. The molecule has 116 valence electrons. The molecule has 5 nitrogen and oxygen atoms in total. The Morgan fingerprint density at radius 1 is 1.29 bits per heavy atom. The number of hydrogen-bond donors (Lipinski definition) is 3. The van der Waals surface area contributed by atoms with E-state index in [0.717, 1.165) is 6.42 Å². The molecule has 0 saturated carbocycles. The van der Waals surface area contributed by atoms with Crippen molar-refractivity contribution in [3.05, 3.63) is 28.2 Å². The standard InChI is InChI=1S/C14H18Cl2N2O3/c1-2-4-11(14(20)21)17-8-7-12(19)18-13-9(15)5-3-6-10(13)16/h3,5-6,11,17H,2,4,7-8H2,1H3,(H,18,19)(H,20,21). The lowest BCUT2D eigenvalue weighted by Crippen LogP contribution is -2.38. The van der Waals surface area contributed by atoms with Crippen molar-refractivity contribution in [1.29, 1.82) is 0 Å². The third-order valence-electron chi connectivity index (χ3n) is 2.85. The van der Waals surface area contributed by atoms with Crippen LogP contribution in [0.15, 0.2) is 18.2 Å². The van der Waals surface area contributed by atoms with Crippen LogP contribution in [-0.4, -0.2) is 29.6 Å². The second kappa shape index (κ2) is 8.87. The fourth-order valence-electron chi connectivity index (χ4n) is 1.78. The molecule has 0 aliphatic heterocycles. The Morgan fingerprint density at radius 2 is 1.90 bits per heavy atom. The molecule has 7 heteroatoms. The molecule has 0 heterocycles. The number of rotatable bonds is 8. The number of hydrogen-bond acceptors (Lipinski definition) is 3. The summed E-state index contributed by atoms with van der Waals surface area (Å²) in [4.78, 5) is 22.8. The maximum atomic E-state index is 11.8. The van der Waals surface area contributed by atoms with Crippen LogP contribution in [0.3, 0.4) is 0 Å². The van der Waals surface area contributed by atoms with Gasteiger partial charge in [-0.25, -0.2) is 0 Å². The van der Waals surface area contributed by atoms with Crippen molar-refractivity contribution in [1.82, 2.24) is 5.32 Å². The van der Waals surface area contributed by atoms with Gasteiger partial charge in [0.2, 0.25) is 5.91 Å². The monoisotopic (exact) mass is 332 g/mol. The van der Waals surface area contributed by atoms with Crippen LogP contribution in [0.1, 0.15) is 26.2 Å². The summed E-state index contributed by atoms with van der Waals surface area (Å²) in [6, 6.07) is 4.31. The average molecular weight is 333 g/mol. The van der Waals surface area contributed by atoms with Crippen molar-refractivity contribution < 1.29 is 14.7 Å². The molecule has 1 amide bonds. The number of halogens is 2. The van der Waals surface area contributed by atoms with Gasteiger partial charge in [0.05, 0.1) is 15.7 Å². The second-order valence-corrected chi connectivity index (χ2v) is 5.34. The van der Waals surface area contributed by atoms with Crippen molar-refractivity contribution >= 4 is 40.8 Å². The highest BCUT2D eigenvalue weighted by Crippen LogP contribution is 2.29. The SMILES string of the molecule is CCCC(NCCC(=O)Nc1c(Cl)cccc1Cl)C(=O)O. The van der Waals surface area contributed by atoms with E-state index in [1.54, 1.807) is 18.2 Å². The maximum absolute atomic E-state index is 11.8. The number of carboxylic acid groups (broad SMARTS) is 1. The Morgan fingerprint density at radius 3 is 2.43 bits per heavy atom. The molecule has 1 aromatic rings. The minimum Gasteiger partial charge on any atom is -0.480 e. The van der Waals surface area contributed by atoms with E-state index in [1.807, 2.05) is 6.92 Å². The Kier molecular flexibility index (Phi) is 7.50. The Hall–Kier alpha value is -1.30. The Bertz CT molecular complexity index is 489. The first-order valence-electron chi connectivity index (χ1n) is 6.65. The predicted molar refractivity (Wildman–Crippen MR) is 84.0 cm³/mol. The van der Waals surface area contributed by atoms with E-state index < -0.39 is 12.0 Å². The highest BCUT2D eigenvalue weighted by molar-refractivity contribution is 6.39. The van der Waals surface area contributed by atoms with Gasteiger partial charge in [0.15, 0.2) is 0 Å². The van der Waals surface area contributed by atoms with Gasteiger partial charge in [-0.2, -0.15) is 0 Å². The average Bonchev–Trinajstić information content (AvgIpc) is 2.42. The minimum atomic E-state index is -0.911. The van der Waals surface area contributed by atoms with Gasteiger partial charge in [0.1, 0.15) is 6.04 Å². The van der Waals surface area contributed by atoms with Gasteiger partial charge in [0.25, 0.3) is 0 Å². The molecule has 1 unspecified atom stereocenters. The van der Waals surface area contributed by atoms with E-state index in [2.05, 4.69) is 10.6 Å². The fourth-order valence-corrected chi connectivity index (χ4v) is 2.27. The van der Waals surface area contributed by atoms with Crippen molar-refractivity contribution in [2.24, 2.45) is 0 Å². The van der Waals surface area contributed by atoms with Gasteiger partial charge < -0.3 is 15.7 Å². The number of carbonyl (C=O) groups is 2. The van der Waals surface area contributed by atoms with Crippen molar-refractivity contribution in [2.75, 3.05) is 11.9 Å². The number of carbonyl (C=O) groups excluding carboxylic acids is 1. The first-order chi connectivity index (χ1) is 9.95. The van der Waals surface area contributed by atoms with Gasteiger partial charge in [-0.15, -0.1) is 0 Å². The van der Waals surface area contributed by atoms with Gasteiger partial charge in [-0.1, -0.05) is 42.6 Å². The lowest BCUT2D eigenvalue weighted by molar-refractivity contribution is -0.139. The highest BCUT2D eigenvalue weighted by atomic mass is 35.5. The molecule has 0 spiro atoms. The number of amides is 1. The van der Waals surface area contributed by atoms with E-state index in [4.69, 9.17) is 28.3 Å². The molecular formula is C14H18Cl2N2O3. The molecule has 0 fully saturated rings. The van der Waals surface area contributed by atoms with Crippen molar-refractivity contribution in [2.45, 2.75) is 32.2 Å². The summed E-state index contributed by atoms with van der Waals surface area (Å²) in [5, 5.41) is 15.2. The first-order valence-corrected chi connectivity index (χ1v) is 7.41. The number of carboxylic acids is 1. The molecule has 0 aromatic heterocycles. The lowest BCUT2D eigenvalue weighted by atomic mass is 10.1. The van der Waals surface area contributed by atoms with Crippen LogP contribution in [0.4, 0.5) is 5.69 Å². The smallest absolute Gasteiger partial charge is 0.320 e.